The van der Waals surface area contributed by atoms with E-state index < -0.39 is 30.3 Å². The number of benzene rings is 4. The molecule has 0 bridgehead atoms. The fraction of sp³-hybridized carbons (Fsp3) is 0.333. The van der Waals surface area contributed by atoms with Gasteiger partial charge in [0, 0.05) is 61.7 Å². The number of aromatic nitrogens is 1. The van der Waals surface area contributed by atoms with Gasteiger partial charge < -0.3 is 29.7 Å². The van der Waals surface area contributed by atoms with Crippen molar-refractivity contribution in [1.82, 2.24) is 25.0 Å². The number of carbonyl (C=O) groups is 6. The number of alkyl carbamates (subject to hydrolysis) is 1. The van der Waals surface area contributed by atoms with E-state index in [2.05, 4.69) is 15.2 Å². The van der Waals surface area contributed by atoms with Crippen LogP contribution in [0.2, 0.25) is 0 Å². The van der Waals surface area contributed by atoms with Crippen molar-refractivity contribution >= 4 is 57.2 Å². The second kappa shape index (κ2) is 16.8. The quantitative estimate of drug-likeness (QED) is 0.170. The number of nitrogens with one attached hydrogen (secondary N) is 2. The lowest BCUT2D eigenvalue weighted by molar-refractivity contribution is -0.140. The standard InChI is InChI=1S/C45H47N5O7/c1-28(51)46-41(31-12-6-4-7-13-31)43(54)49-22-10-16-35(49)39(52)26-29-18-20-33-34-21-19-30(25-38(34)48(2)37(33)24-29)27-40(53)36-17-11-23-50(36)44(55)42(47-45(56)57-3)32-14-8-5-9-15-32/h4-9,12-15,18-21,24-25,35-36,41-42H,10-11,16-17,22-23,26-27H2,1-3H3,(H,46,51)(H,47,56)/t35-,36-,41+,42+/m0/s1. The molecule has 57 heavy (non-hydrogen) atoms. The number of aryl methyl sites for hydroxylation is 1. The molecule has 2 fully saturated rings. The zero-order valence-corrected chi connectivity index (χ0v) is 32.4. The van der Waals surface area contributed by atoms with E-state index in [1.165, 1.54) is 14.0 Å². The van der Waals surface area contributed by atoms with E-state index in [1.54, 1.807) is 46.2 Å². The maximum absolute atomic E-state index is 13.9. The minimum atomic E-state index is -0.985. The third-order valence-corrected chi connectivity index (χ3v) is 11.3. The molecule has 0 radical (unpaired) electrons. The van der Waals surface area contributed by atoms with Crippen molar-refractivity contribution in [1.29, 1.82) is 0 Å². The summed E-state index contributed by atoms with van der Waals surface area (Å²) in [6.07, 6.45) is 2.04. The molecule has 5 aromatic rings. The number of fused-ring (bicyclic) bond motifs is 3. The molecule has 12 nitrogen and oxygen atoms in total. The van der Waals surface area contributed by atoms with E-state index in [4.69, 9.17) is 4.74 Å². The highest BCUT2D eigenvalue weighted by atomic mass is 16.5. The molecular formula is C45H47N5O7. The number of hydrogen-bond acceptors (Lipinski definition) is 7. The lowest BCUT2D eigenvalue weighted by Gasteiger charge is -2.28. The van der Waals surface area contributed by atoms with Crippen molar-refractivity contribution in [3.63, 3.8) is 0 Å². The summed E-state index contributed by atoms with van der Waals surface area (Å²) in [6, 6.07) is 26.9. The Hall–Kier alpha value is -6.30. The fourth-order valence-electron chi connectivity index (χ4n) is 8.46. The molecule has 0 saturated carbocycles. The Kier molecular flexibility index (Phi) is 11.5. The minimum absolute atomic E-state index is 0.0509. The molecule has 12 heteroatoms. The number of carbonyl (C=O) groups excluding carboxylic acids is 6. The highest BCUT2D eigenvalue weighted by molar-refractivity contribution is 6.09. The summed E-state index contributed by atoms with van der Waals surface area (Å²) in [4.78, 5) is 82.8. The van der Waals surface area contributed by atoms with Gasteiger partial charge in [-0.1, -0.05) is 84.9 Å². The van der Waals surface area contributed by atoms with Crippen molar-refractivity contribution < 1.29 is 33.5 Å². The highest BCUT2D eigenvalue weighted by Crippen LogP contribution is 2.32. The zero-order valence-electron chi connectivity index (χ0n) is 32.4. The second-order valence-electron chi connectivity index (χ2n) is 15.0. The predicted octanol–water partition coefficient (Wildman–Crippen LogP) is 5.51. The third-order valence-electron chi connectivity index (χ3n) is 11.3. The largest absolute Gasteiger partial charge is 0.453 e. The number of methoxy groups -OCH3 is 1. The Bertz CT molecular complexity index is 2340. The maximum Gasteiger partial charge on any atom is 0.407 e. The van der Waals surface area contributed by atoms with E-state index in [9.17, 15) is 28.8 Å². The van der Waals surface area contributed by atoms with Gasteiger partial charge in [0.2, 0.25) is 11.8 Å². The molecule has 0 spiro atoms. The highest BCUT2D eigenvalue weighted by Gasteiger charge is 2.39. The number of hydrogen-bond donors (Lipinski definition) is 2. The van der Waals surface area contributed by atoms with Gasteiger partial charge in [-0.25, -0.2) is 4.79 Å². The molecule has 0 unspecified atom stereocenters. The Morgan fingerprint density at radius 1 is 0.649 bits per heavy atom. The molecular weight excluding hydrogens is 723 g/mol. The van der Waals surface area contributed by atoms with E-state index in [-0.39, 0.29) is 42.1 Å². The minimum Gasteiger partial charge on any atom is -0.453 e. The third kappa shape index (κ3) is 8.16. The number of ketones is 2. The number of amides is 4. The monoisotopic (exact) mass is 769 g/mol. The molecule has 2 aliphatic rings. The fourth-order valence-corrected chi connectivity index (χ4v) is 8.46. The lowest BCUT2D eigenvalue weighted by Crippen LogP contribution is -2.47. The molecule has 4 atom stereocenters. The molecule has 2 aliphatic heterocycles. The van der Waals surface area contributed by atoms with Crippen LogP contribution >= 0.6 is 0 Å². The van der Waals surface area contributed by atoms with Gasteiger partial charge in [-0.2, -0.15) is 0 Å². The first-order valence-electron chi connectivity index (χ1n) is 19.4. The molecule has 2 N–H and O–H groups in total. The summed E-state index contributed by atoms with van der Waals surface area (Å²) >= 11 is 0. The first kappa shape index (κ1) is 39.0. The Labute approximate surface area is 331 Å². The summed E-state index contributed by atoms with van der Waals surface area (Å²) in [6.45, 7) is 2.24. The Balaban J connectivity index is 1.06. The summed E-state index contributed by atoms with van der Waals surface area (Å²) in [5.74, 6) is -1.09. The van der Waals surface area contributed by atoms with Crippen LogP contribution in [0.4, 0.5) is 4.79 Å². The Morgan fingerprint density at radius 2 is 1.09 bits per heavy atom. The molecule has 0 aliphatic carbocycles. The molecule has 3 heterocycles. The normalized spacial score (nSPS) is 17.7. The summed E-state index contributed by atoms with van der Waals surface area (Å²) in [5.41, 5.74) is 4.79. The number of ether oxygens (including phenoxy) is 1. The summed E-state index contributed by atoms with van der Waals surface area (Å²) in [5, 5.41) is 7.44. The van der Waals surface area contributed by atoms with Crippen molar-refractivity contribution in [2.24, 2.45) is 7.05 Å². The summed E-state index contributed by atoms with van der Waals surface area (Å²) in [7, 11) is 3.20. The van der Waals surface area contributed by atoms with Crippen molar-refractivity contribution in [3.8, 4) is 0 Å². The molecule has 4 amide bonds. The number of nitrogens with zero attached hydrogens (tertiary/aromatic N) is 3. The van der Waals surface area contributed by atoms with Gasteiger partial charge in [0.1, 0.15) is 12.1 Å². The first-order valence-corrected chi connectivity index (χ1v) is 19.4. The van der Waals surface area contributed by atoms with Crippen LogP contribution in [0.3, 0.4) is 0 Å². The van der Waals surface area contributed by atoms with Gasteiger partial charge >= 0.3 is 6.09 Å². The number of likely N-dealkylation sites (tertiary alicyclic amines) is 2. The van der Waals surface area contributed by atoms with Crippen LogP contribution in [0.25, 0.3) is 21.8 Å². The average molecular weight is 770 g/mol. The Morgan fingerprint density at radius 3 is 1.51 bits per heavy atom. The summed E-state index contributed by atoms with van der Waals surface area (Å²) < 4.78 is 6.85. The van der Waals surface area contributed by atoms with E-state index in [1.807, 2.05) is 67.7 Å². The van der Waals surface area contributed by atoms with Crippen LogP contribution in [0.15, 0.2) is 97.1 Å². The molecule has 7 rings (SSSR count). The molecule has 2 saturated heterocycles. The SMILES string of the molecule is COC(=O)N[C@@H](C(=O)N1CCC[C@H]1C(=O)Cc1ccc2c3ccc(CC(=O)[C@@H]4CCCN4C(=O)[C@H](NC(C)=O)c4ccccc4)cc3n(C)c2c1)c1ccccc1. The van der Waals surface area contributed by atoms with Crippen molar-refractivity contribution in [2.75, 3.05) is 20.2 Å². The lowest BCUT2D eigenvalue weighted by atomic mass is 9.98. The van der Waals surface area contributed by atoms with Crippen LogP contribution in [-0.2, 0) is 48.6 Å². The van der Waals surface area contributed by atoms with E-state index in [0.29, 0.717) is 49.9 Å². The van der Waals surface area contributed by atoms with Gasteiger partial charge in [-0.05, 0) is 60.1 Å². The van der Waals surface area contributed by atoms with Crippen LogP contribution in [0, 0.1) is 0 Å². The van der Waals surface area contributed by atoms with Crippen LogP contribution in [0.1, 0.15) is 66.9 Å². The topological polar surface area (TPSA) is 147 Å². The number of rotatable bonds is 12. The smallest absolute Gasteiger partial charge is 0.407 e. The van der Waals surface area contributed by atoms with Crippen molar-refractivity contribution in [3.05, 3.63) is 119 Å². The van der Waals surface area contributed by atoms with Crippen molar-refractivity contribution in [2.45, 2.75) is 69.6 Å². The van der Waals surface area contributed by atoms with Crippen LogP contribution < -0.4 is 10.6 Å². The average Bonchev–Trinajstić information content (AvgIpc) is 3.98. The molecule has 1 aromatic heterocycles. The van der Waals surface area contributed by atoms with Gasteiger partial charge in [-0.15, -0.1) is 0 Å². The zero-order chi connectivity index (χ0) is 40.2. The van der Waals surface area contributed by atoms with E-state index >= 15 is 0 Å². The molecule has 294 valence electrons. The van der Waals surface area contributed by atoms with E-state index in [0.717, 1.165) is 32.9 Å². The van der Waals surface area contributed by atoms with Crippen LogP contribution in [0.5, 0.6) is 0 Å². The number of Topliss-reactive ketones (excluding diaryl/α,β-unsaturated/α-hetero) is 2. The van der Waals surface area contributed by atoms with Gasteiger partial charge in [-0.3, -0.25) is 24.0 Å². The second-order valence-corrected chi connectivity index (χ2v) is 15.0. The predicted molar refractivity (Wildman–Crippen MR) is 215 cm³/mol. The van der Waals surface area contributed by atoms with Crippen LogP contribution in [-0.4, -0.2) is 82.0 Å². The van der Waals surface area contributed by atoms with Gasteiger partial charge in [0.25, 0.3) is 5.91 Å². The maximum atomic E-state index is 13.9. The first-order chi connectivity index (χ1) is 27.5. The van der Waals surface area contributed by atoms with Gasteiger partial charge in [0.05, 0.1) is 19.2 Å². The molecule has 4 aromatic carbocycles. The van der Waals surface area contributed by atoms with Gasteiger partial charge in [0.15, 0.2) is 11.6 Å².